The quantitative estimate of drug-likeness (QED) is 0.807. The van der Waals surface area contributed by atoms with Gasteiger partial charge in [-0.1, -0.05) is 52.0 Å². The van der Waals surface area contributed by atoms with Gasteiger partial charge in [-0.2, -0.15) is 5.26 Å². The Labute approximate surface area is 140 Å². The summed E-state index contributed by atoms with van der Waals surface area (Å²) in [4.78, 5) is 13.3. The summed E-state index contributed by atoms with van der Waals surface area (Å²) >= 11 is 0. The lowest BCUT2D eigenvalue weighted by atomic mass is 9.90. The van der Waals surface area contributed by atoms with Crippen LogP contribution in [-0.2, 0) is 11.3 Å². The summed E-state index contributed by atoms with van der Waals surface area (Å²) in [6.07, 6.45) is 0. The summed E-state index contributed by atoms with van der Waals surface area (Å²) in [5.41, 5.74) is 1.73. The molecule has 1 aromatic carbocycles. The minimum atomic E-state index is -0.809. The van der Waals surface area contributed by atoms with Crippen LogP contribution in [0.3, 0.4) is 0 Å². The van der Waals surface area contributed by atoms with E-state index in [0.717, 1.165) is 11.4 Å². The van der Waals surface area contributed by atoms with Crippen molar-refractivity contribution in [2.24, 2.45) is 5.92 Å². The van der Waals surface area contributed by atoms with Crippen LogP contribution >= 0.6 is 0 Å². The number of quaternary nitrogens is 1. The van der Waals surface area contributed by atoms with Gasteiger partial charge in [0.1, 0.15) is 12.1 Å². The second-order valence-corrected chi connectivity index (χ2v) is 7.22. The highest BCUT2D eigenvalue weighted by Crippen LogP contribution is 2.15. The molecule has 4 nitrogen and oxygen atoms in total. The van der Waals surface area contributed by atoms with E-state index in [1.54, 1.807) is 6.92 Å². The highest BCUT2D eigenvalue weighted by atomic mass is 16.2. The SMILES string of the molecule is CC(C)c1ccc(C[NH+](C)CC(=O)N[C@](C)(C#N)C(C)C)cc1. The smallest absolute Gasteiger partial charge is 0.276 e. The predicted octanol–water partition coefficient (Wildman–Crippen LogP) is 1.88. The Balaban J connectivity index is 2.58. The Morgan fingerprint density at radius 2 is 1.83 bits per heavy atom. The fraction of sp³-hybridized carbons (Fsp3) is 0.579. The maximum absolute atomic E-state index is 12.2. The molecule has 0 spiro atoms. The molecule has 2 atom stereocenters. The van der Waals surface area contributed by atoms with Gasteiger partial charge in [0.05, 0.1) is 13.1 Å². The van der Waals surface area contributed by atoms with Gasteiger partial charge < -0.3 is 10.2 Å². The summed E-state index contributed by atoms with van der Waals surface area (Å²) in [6, 6.07) is 10.8. The van der Waals surface area contributed by atoms with Crippen molar-refractivity contribution in [1.82, 2.24) is 5.32 Å². The van der Waals surface area contributed by atoms with Crippen LogP contribution in [0.2, 0.25) is 0 Å². The van der Waals surface area contributed by atoms with Gasteiger partial charge in [0.15, 0.2) is 6.54 Å². The van der Waals surface area contributed by atoms with E-state index in [1.807, 2.05) is 20.9 Å². The summed E-state index contributed by atoms with van der Waals surface area (Å²) in [5, 5.41) is 12.1. The number of nitrogens with one attached hydrogen (secondary N) is 2. The lowest BCUT2D eigenvalue weighted by Gasteiger charge is -2.27. The zero-order chi connectivity index (χ0) is 17.6. The van der Waals surface area contributed by atoms with Crippen LogP contribution in [0, 0.1) is 17.2 Å². The van der Waals surface area contributed by atoms with Crippen molar-refractivity contribution in [1.29, 1.82) is 5.26 Å². The number of hydrogen-bond acceptors (Lipinski definition) is 2. The van der Waals surface area contributed by atoms with Crippen LogP contribution in [0.1, 0.15) is 51.7 Å². The summed E-state index contributed by atoms with van der Waals surface area (Å²) in [6.45, 7) is 11.2. The molecule has 0 aromatic heterocycles. The van der Waals surface area contributed by atoms with Crippen molar-refractivity contribution in [3.63, 3.8) is 0 Å². The largest absolute Gasteiger partial charge is 0.333 e. The van der Waals surface area contributed by atoms with Crippen molar-refractivity contribution < 1.29 is 9.69 Å². The zero-order valence-electron chi connectivity index (χ0n) is 15.2. The second kappa shape index (κ2) is 8.12. The molecule has 1 rings (SSSR count). The molecule has 0 heterocycles. The molecule has 0 aliphatic carbocycles. The van der Waals surface area contributed by atoms with Gasteiger partial charge in [-0.15, -0.1) is 0 Å². The number of nitriles is 1. The lowest BCUT2D eigenvalue weighted by molar-refractivity contribution is -0.885. The molecule has 0 bridgehead atoms. The molecule has 23 heavy (non-hydrogen) atoms. The molecule has 0 aliphatic heterocycles. The molecule has 4 heteroatoms. The third kappa shape index (κ3) is 5.69. The molecule has 126 valence electrons. The third-order valence-corrected chi connectivity index (χ3v) is 4.40. The third-order valence-electron chi connectivity index (χ3n) is 4.40. The van der Waals surface area contributed by atoms with Crippen molar-refractivity contribution in [2.75, 3.05) is 13.6 Å². The maximum atomic E-state index is 12.2. The number of hydrogen-bond donors (Lipinski definition) is 2. The zero-order valence-corrected chi connectivity index (χ0v) is 15.2. The van der Waals surface area contributed by atoms with Gasteiger partial charge in [-0.25, -0.2) is 0 Å². The van der Waals surface area contributed by atoms with E-state index >= 15 is 0 Å². The van der Waals surface area contributed by atoms with Crippen molar-refractivity contribution in [3.8, 4) is 6.07 Å². The van der Waals surface area contributed by atoms with E-state index in [-0.39, 0.29) is 11.8 Å². The molecular weight excluding hydrogens is 286 g/mol. The van der Waals surface area contributed by atoms with E-state index in [1.165, 1.54) is 11.1 Å². The number of carbonyl (C=O) groups excluding carboxylic acids is 1. The topological polar surface area (TPSA) is 57.3 Å². The van der Waals surface area contributed by atoms with Crippen molar-refractivity contribution >= 4 is 5.91 Å². The lowest BCUT2D eigenvalue weighted by Crippen LogP contribution is -3.09. The van der Waals surface area contributed by atoms with Crippen LogP contribution in [0.15, 0.2) is 24.3 Å². The Kier molecular flexibility index (Phi) is 6.78. The van der Waals surface area contributed by atoms with Crippen LogP contribution in [-0.4, -0.2) is 25.0 Å². The van der Waals surface area contributed by atoms with Gasteiger partial charge in [0, 0.05) is 5.56 Å². The van der Waals surface area contributed by atoms with Gasteiger partial charge in [0.2, 0.25) is 0 Å². The molecule has 1 unspecified atom stereocenters. The van der Waals surface area contributed by atoms with Crippen molar-refractivity contribution in [3.05, 3.63) is 35.4 Å². The van der Waals surface area contributed by atoms with Crippen LogP contribution < -0.4 is 10.2 Å². The first-order valence-electron chi connectivity index (χ1n) is 8.30. The minimum absolute atomic E-state index is 0.0698. The van der Waals surface area contributed by atoms with E-state index < -0.39 is 5.54 Å². The molecular formula is C19H30N3O+. The fourth-order valence-electron chi connectivity index (χ4n) is 2.34. The van der Waals surface area contributed by atoms with Gasteiger partial charge in [0.25, 0.3) is 5.91 Å². The van der Waals surface area contributed by atoms with E-state index in [4.69, 9.17) is 0 Å². The highest BCUT2D eigenvalue weighted by Gasteiger charge is 2.30. The van der Waals surface area contributed by atoms with Gasteiger partial charge >= 0.3 is 0 Å². The number of likely N-dealkylation sites (N-methyl/N-ethyl adjacent to an activating group) is 1. The summed E-state index contributed by atoms with van der Waals surface area (Å²) in [5.74, 6) is 0.513. The highest BCUT2D eigenvalue weighted by molar-refractivity contribution is 5.78. The summed E-state index contributed by atoms with van der Waals surface area (Å²) < 4.78 is 0. The van der Waals surface area contributed by atoms with E-state index in [2.05, 4.69) is 49.5 Å². The molecule has 0 saturated carbocycles. The second-order valence-electron chi connectivity index (χ2n) is 7.22. The Morgan fingerprint density at radius 1 is 1.26 bits per heavy atom. The van der Waals surface area contributed by atoms with E-state index in [0.29, 0.717) is 12.5 Å². The van der Waals surface area contributed by atoms with Crippen LogP contribution in [0.5, 0.6) is 0 Å². The predicted molar refractivity (Wildman–Crippen MR) is 93.0 cm³/mol. The summed E-state index contributed by atoms with van der Waals surface area (Å²) in [7, 11) is 2.00. The average Bonchev–Trinajstić information content (AvgIpc) is 2.46. The molecule has 0 fully saturated rings. The minimum Gasteiger partial charge on any atom is -0.333 e. The molecule has 0 aliphatic rings. The molecule has 0 radical (unpaired) electrons. The number of amides is 1. The van der Waals surface area contributed by atoms with E-state index in [9.17, 15) is 10.1 Å². The van der Waals surface area contributed by atoms with Gasteiger partial charge in [-0.3, -0.25) is 4.79 Å². The van der Waals surface area contributed by atoms with Gasteiger partial charge in [-0.05, 0) is 24.3 Å². The van der Waals surface area contributed by atoms with Crippen molar-refractivity contribution in [2.45, 2.75) is 52.6 Å². The first-order valence-corrected chi connectivity index (χ1v) is 8.30. The Hall–Kier alpha value is -1.86. The normalized spacial score (nSPS) is 15.1. The number of benzene rings is 1. The van der Waals surface area contributed by atoms with Crippen LogP contribution in [0.25, 0.3) is 0 Å². The molecule has 1 amide bonds. The standard InChI is InChI=1S/C19H29N3O/c1-14(2)17-9-7-16(8-10-17)11-22(6)12-18(23)21-19(5,13-20)15(3)4/h7-10,14-15H,11-12H2,1-6H3,(H,21,23)/p+1/t19-/m1/s1. The Morgan fingerprint density at radius 3 is 2.26 bits per heavy atom. The number of nitrogens with zero attached hydrogens (tertiary/aromatic N) is 1. The Bertz CT molecular complexity index is 557. The monoisotopic (exact) mass is 316 g/mol. The number of rotatable bonds is 7. The first-order chi connectivity index (χ1) is 10.7. The first kappa shape index (κ1) is 19.2. The van der Waals surface area contributed by atoms with Crippen LogP contribution in [0.4, 0.5) is 0 Å². The molecule has 0 saturated heterocycles. The molecule has 2 N–H and O–H groups in total. The average molecular weight is 316 g/mol. The number of carbonyl (C=O) groups is 1. The fourth-order valence-corrected chi connectivity index (χ4v) is 2.34. The molecule has 1 aromatic rings. The maximum Gasteiger partial charge on any atom is 0.276 e.